The summed E-state index contributed by atoms with van der Waals surface area (Å²) in [6, 6.07) is 0. The van der Waals surface area contributed by atoms with Gasteiger partial charge in [-0.15, -0.1) is 0 Å². The second-order valence-corrected chi connectivity index (χ2v) is 11.1. The van der Waals surface area contributed by atoms with Crippen LogP contribution in [-0.2, 0) is 14.3 Å². The van der Waals surface area contributed by atoms with Gasteiger partial charge in [0.15, 0.2) is 0 Å². The van der Waals surface area contributed by atoms with Crippen molar-refractivity contribution in [2.24, 2.45) is 5.92 Å². The van der Waals surface area contributed by atoms with Crippen molar-refractivity contribution in [2.45, 2.75) is 167 Å². The van der Waals surface area contributed by atoms with Crippen LogP contribution in [0.25, 0.3) is 0 Å². The van der Waals surface area contributed by atoms with Crippen LogP contribution in [0, 0.1) is 5.92 Å². The van der Waals surface area contributed by atoms with Crippen molar-refractivity contribution in [1.82, 2.24) is 0 Å². The highest BCUT2D eigenvalue weighted by atomic mass is 16.5. The van der Waals surface area contributed by atoms with Crippen LogP contribution in [0.1, 0.15) is 167 Å². The monoisotopic (exact) mass is 534 g/mol. The Hall–Kier alpha value is -1.58. The lowest BCUT2D eigenvalue weighted by Crippen LogP contribution is -2.21. The van der Waals surface area contributed by atoms with E-state index in [1.165, 1.54) is 141 Å². The first-order chi connectivity index (χ1) is 18.6. The average molecular weight is 535 g/mol. The molecule has 38 heavy (non-hydrogen) atoms. The number of aliphatic carboxylic acids is 1. The second kappa shape index (κ2) is 30.0. The smallest absolute Gasteiger partial charge is 0.309 e. The summed E-state index contributed by atoms with van der Waals surface area (Å²) < 4.78 is 5.02. The molecule has 0 aromatic carbocycles. The molecule has 0 aromatic heterocycles. The zero-order valence-electron chi connectivity index (χ0n) is 25.1. The molecule has 4 nitrogen and oxygen atoms in total. The van der Waals surface area contributed by atoms with E-state index in [9.17, 15) is 9.59 Å². The van der Waals surface area contributed by atoms with Crippen LogP contribution >= 0.6 is 0 Å². The summed E-state index contributed by atoms with van der Waals surface area (Å²) in [6.07, 6.45) is 37.3. The van der Waals surface area contributed by atoms with Gasteiger partial charge in [-0.25, -0.2) is 0 Å². The molecule has 0 radical (unpaired) electrons. The van der Waals surface area contributed by atoms with Gasteiger partial charge in [0.05, 0.1) is 12.3 Å². The quantitative estimate of drug-likeness (QED) is 0.0565. The van der Waals surface area contributed by atoms with Crippen molar-refractivity contribution < 1.29 is 19.4 Å². The van der Waals surface area contributed by atoms with Crippen LogP contribution in [0.3, 0.4) is 0 Å². The molecule has 0 bridgehead atoms. The molecule has 0 saturated carbocycles. The highest BCUT2D eigenvalue weighted by Crippen LogP contribution is 2.17. The van der Waals surface area contributed by atoms with Crippen LogP contribution in [-0.4, -0.2) is 23.7 Å². The third kappa shape index (κ3) is 27.5. The molecule has 0 aliphatic rings. The number of hydrogen-bond acceptors (Lipinski definition) is 3. The Bertz CT molecular complexity index is 569. The van der Waals surface area contributed by atoms with E-state index in [1.54, 1.807) is 0 Å². The Balaban J connectivity index is 3.38. The number of hydrogen-bond donors (Lipinski definition) is 1. The van der Waals surface area contributed by atoms with Crippen LogP contribution in [0.2, 0.25) is 0 Å². The van der Waals surface area contributed by atoms with E-state index >= 15 is 0 Å². The number of rotatable bonds is 30. The third-order valence-electron chi connectivity index (χ3n) is 7.42. The molecule has 0 aliphatic carbocycles. The summed E-state index contributed by atoms with van der Waals surface area (Å²) in [6.45, 7) is 5.93. The molecular weight excluding hydrogens is 472 g/mol. The molecule has 1 atom stereocenters. The normalized spacial score (nSPS) is 12.1. The first-order valence-corrected chi connectivity index (χ1v) is 16.3. The number of allylic oxidation sites excluding steroid dienone is 2. The zero-order chi connectivity index (χ0) is 27.9. The average Bonchev–Trinajstić information content (AvgIpc) is 2.90. The SMILES string of the molecule is C=CCOC(=O)C(CC/C=C/CCCCCCCCCCCCCCCCCCCCCCC)CC(=O)O. The van der Waals surface area contributed by atoms with Gasteiger partial charge < -0.3 is 9.84 Å². The third-order valence-corrected chi connectivity index (χ3v) is 7.42. The number of carboxylic acid groups (broad SMARTS) is 1. The van der Waals surface area contributed by atoms with Gasteiger partial charge in [0.25, 0.3) is 0 Å². The van der Waals surface area contributed by atoms with Crippen molar-refractivity contribution >= 4 is 11.9 Å². The molecule has 0 aromatic rings. The van der Waals surface area contributed by atoms with E-state index in [4.69, 9.17) is 9.84 Å². The number of esters is 1. The molecular formula is C34H62O4. The summed E-state index contributed by atoms with van der Waals surface area (Å²) >= 11 is 0. The van der Waals surface area contributed by atoms with E-state index in [0.29, 0.717) is 12.8 Å². The number of carboxylic acids is 1. The molecule has 0 amide bonds. The van der Waals surface area contributed by atoms with Gasteiger partial charge in [0, 0.05) is 0 Å². The minimum absolute atomic E-state index is 0.129. The van der Waals surface area contributed by atoms with Gasteiger partial charge in [-0.1, -0.05) is 160 Å². The molecule has 0 spiro atoms. The fourth-order valence-electron chi connectivity index (χ4n) is 5.00. The highest BCUT2D eigenvalue weighted by molar-refractivity contribution is 5.79. The predicted molar refractivity (Wildman–Crippen MR) is 163 cm³/mol. The van der Waals surface area contributed by atoms with Gasteiger partial charge in [0.1, 0.15) is 6.61 Å². The van der Waals surface area contributed by atoms with Gasteiger partial charge >= 0.3 is 11.9 Å². The summed E-state index contributed by atoms with van der Waals surface area (Å²) in [5.41, 5.74) is 0. The number of carbonyl (C=O) groups is 2. The maximum absolute atomic E-state index is 11.9. The largest absolute Gasteiger partial charge is 0.481 e. The minimum Gasteiger partial charge on any atom is -0.481 e. The molecule has 4 heteroatoms. The molecule has 0 rings (SSSR count). The lowest BCUT2D eigenvalue weighted by atomic mass is 9.99. The van der Waals surface area contributed by atoms with Crippen molar-refractivity contribution in [3.05, 3.63) is 24.8 Å². The molecule has 0 aliphatic heterocycles. The second-order valence-electron chi connectivity index (χ2n) is 11.1. The molecule has 0 fully saturated rings. The topological polar surface area (TPSA) is 63.6 Å². The molecule has 0 heterocycles. The number of carbonyl (C=O) groups excluding carboxylic acids is 1. The van der Waals surface area contributed by atoms with Gasteiger partial charge in [-0.3, -0.25) is 9.59 Å². The Morgan fingerprint density at radius 1 is 0.658 bits per heavy atom. The van der Waals surface area contributed by atoms with Gasteiger partial charge in [-0.2, -0.15) is 0 Å². The Morgan fingerprint density at radius 3 is 1.45 bits per heavy atom. The van der Waals surface area contributed by atoms with Crippen LogP contribution in [0.15, 0.2) is 24.8 Å². The Kier molecular flexibility index (Phi) is 28.7. The highest BCUT2D eigenvalue weighted by Gasteiger charge is 2.22. The lowest BCUT2D eigenvalue weighted by molar-refractivity contribution is -0.152. The molecule has 222 valence electrons. The van der Waals surface area contributed by atoms with Gasteiger partial charge in [0.2, 0.25) is 0 Å². The fourth-order valence-corrected chi connectivity index (χ4v) is 5.00. The van der Waals surface area contributed by atoms with E-state index in [-0.39, 0.29) is 13.0 Å². The molecule has 0 saturated heterocycles. The molecule has 1 N–H and O–H groups in total. The maximum Gasteiger partial charge on any atom is 0.309 e. The summed E-state index contributed by atoms with van der Waals surface area (Å²) in [5, 5.41) is 9.00. The van der Waals surface area contributed by atoms with Crippen LogP contribution in [0.5, 0.6) is 0 Å². The standard InChI is InChI=1S/C34H62O4/c1-3-5-6-7-8-9-10-11-12-13-14-15-16-17-18-19-20-21-22-23-24-25-26-27-28-29-32(31-33(35)36)34(37)38-30-4-2/h4,26-27,32H,2-3,5-25,28-31H2,1H3,(H,35,36)/b27-26+. The first kappa shape index (κ1) is 36.4. The van der Waals surface area contributed by atoms with E-state index in [2.05, 4.69) is 25.7 Å². The van der Waals surface area contributed by atoms with E-state index in [0.717, 1.165) is 6.42 Å². The zero-order valence-corrected chi connectivity index (χ0v) is 25.1. The van der Waals surface area contributed by atoms with Gasteiger partial charge in [-0.05, 0) is 25.7 Å². The summed E-state index contributed by atoms with van der Waals surface area (Å²) in [7, 11) is 0. The predicted octanol–water partition coefficient (Wildman–Crippen LogP) is 10.7. The number of unbranched alkanes of at least 4 members (excludes halogenated alkanes) is 21. The fraction of sp³-hybridized carbons (Fsp3) is 0.824. The lowest BCUT2D eigenvalue weighted by Gasteiger charge is -2.12. The Labute approximate surface area is 236 Å². The maximum atomic E-state index is 11.9. The van der Waals surface area contributed by atoms with Crippen LogP contribution < -0.4 is 0 Å². The van der Waals surface area contributed by atoms with E-state index in [1.807, 2.05) is 0 Å². The molecule has 1 unspecified atom stereocenters. The van der Waals surface area contributed by atoms with Crippen LogP contribution in [0.4, 0.5) is 0 Å². The minimum atomic E-state index is -0.964. The first-order valence-electron chi connectivity index (χ1n) is 16.3. The Morgan fingerprint density at radius 2 is 1.05 bits per heavy atom. The van der Waals surface area contributed by atoms with Crippen molar-refractivity contribution in [2.75, 3.05) is 6.61 Å². The van der Waals surface area contributed by atoms with Crippen molar-refractivity contribution in [3.8, 4) is 0 Å². The summed E-state index contributed by atoms with van der Waals surface area (Å²) in [5.74, 6) is -1.99. The summed E-state index contributed by atoms with van der Waals surface area (Å²) in [4.78, 5) is 22.9. The van der Waals surface area contributed by atoms with E-state index < -0.39 is 17.9 Å². The van der Waals surface area contributed by atoms with Crippen molar-refractivity contribution in [1.29, 1.82) is 0 Å². The number of ether oxygens (including phenoxy) is 1. The van der Waals surface area contributed by atoms with Crippen molar-refractivity contribution in [3.63, 3.8) is 0 Å².